The first-order valence-corrected chi connectivity index (χ1v) is 6.70. The molecule has 1 aromatic carbocycles. The largest absolute Gasteiger partial charge is 0.491 e. The Kier molecular flexibility index (Phi) is 3.90. The molecule has 0 heterocycles. The first-order chi connectivity index (χ1) is 8.60. The fraction of sp³-hybridized carbons (Fsp3) is 0.533. The van der Waals surface area contributed by atoms with E-state index in [-0.39, 0.29) is 17.9 Å². The van der Waals surface area contributed by atoms with Crippen LogP contribution in [0.3, 0.4) is 0 Å². The zero-order valence-electron chi connectivity index (χ0n) is 11.3. The summed E-state index contributed by atoms with van der Waals surface area (Å²) in [6.07, 6.45) is 3.12. The third-order valence-electron chi connectivity index (χ3n) is 3.02. The lowest BCUT2D eigenvalue weighted by Gasteiger charge is -2.15. The highest BCUT2D eigenvalue weighted by molar-refractivity contribution is 5.94. The summed E-state index contributed by atoms with van der Waals surface area (Å²) in [5.74, 6) is 1.30. The minimum absolute atomic E-state index is 0.148. The molecule has 0 atom stereocenters. The van der Waals surface area contributed by atoms with Crippen LogP contribution in [0, 0.1) is 5.92 Å². The van der Waals surface area contributed by atoms with Gasteiger partial charge in [0.25, 0.3) is 0 Å². The first-order valence-electron chi connectivity index (χ1n) is 6.70. The lowest BCUT2D eigenvalue weighted by molar-refractivity contribution is -0.117. The molecule has 1 aliphatic carbocycles. The smallest absolute Gasteiger partial charge is 0.227 e. The normalized spacial score (nSPS) is 14.7. The molecule has 3 nitrogen and oxygen atoms in total. The molecule has 0 aromatic heterocycles. The molecule has 0 spiro atoms. The Morgan fingerprint density at radius 1 is 1.44 bits per heavy atom. The second-order valence-corrected chi connectivity index (χ2v) is 5.11. The predicted molar refractivity (Wildman–Crippen MR) is 72.9 cm³/mol. The Hall–Kier alpha value is -1.51. The molecule has 0 saturated heterocycles. The molecular formula is C15H21NO2. The molecule has 0 radical (unpaired) electrons. The fourth-order valence-electron chi connectivity index (χ4n) is 1.89. The van der Waals surface area contributed by atoms with Crippen LogP contribution in [0.4, 0.5) is 5.69 Å². The van der Waals surface area contributed by atoms with Gasteiger partial charge in [0.15, 0.2) is 0 Å². The van der Waals surface area contributed by atoms with Crippen molar-refractivity contribution in [2.45, 2.75) is 46.1 Å². The van der Waals surface area contributed by atoms with Crippen molar-refractivity contribution in [1.82, 2.24) is 0 Å². The number of ether oxygens (including phenoxy) is 1. The third-order valence-corrected chi connectivity index (χ3v) is 3.02. The van der Waals surface area contributed by atoms with Gasteiger partial charge in [0.05, 0.1) is 6.10 Å². The van der Waals surface area contributed by atoms with Crippen LogP contribution in [0.2, 0.25) is 0 Å². The zero-order chi connectivity index (χ0) is 13.1. The Morgan fingerprint density at radius 3 is 2.72 bits per heavy atom. The van der Waals surface area contributed by atoms with E-state index in [0.717, 1.165) is 36.3 Å². The van der Waals surface area contributed by atoms with Crippen molar-refractivity contribution >= 4 is 11.6 Å². The Balaban J connectivity index is 2.10. The number of rotatable bonds is 5. The van der Waals surface area contributed by atoms with Gasteiger partial charge in [0.1, 0.15) is 5.75 Å². The summed E-state index contributed by atoms with van der Waals surface area (Å²) in [7, 11) is 0. The van der Waals surface area contributed by atoms with Crippen LogP contribution in [0.1, 0.15) is 39.2 Å². The van der Waals surface area contributed by atoms with Crippen molar-refractivity contribution in [1.29, 1.82) is 0 Å². The second-order valence-electron chi connectivity index (χ2n) is 5.11. The molecule has 1 N–H and O–H groups in total. The van der Waals surface area contributed by atoms with E-state index in [4.69, 9.17) is 4.74 Å². The van der Waals surface area contributed by atoms with E-state index in [1.54, 1.807) is 0 Å². The van der Waals surface area contributed by atoms with Crippen LogP contribution < -0.4 is 10.1 Å². The van der Waals surface area contributed by atoms with Crippen molar-refractivity contribution in [3.05, 3.63) is 23.8 Å². The van der Waals surface area contributed by atoms with E-state index >= 15 is 0 Å². The SMILES string of the molecule is CCc1cc(NC(=O)C2CC2)ccc1OC(C)C. The number of hydrogen-bond donors (Lipinski definition) is 1. The van der Waals surface area contributed by atoms with Gasteiger partial charge in [-0.05, 0) is 56.9 Å². The minimum Gasteiger partial charge on any atom is -0.491 e. The molecule has 0 unspecified atom stereocenters. The maximum absolute atomic E-state index is 11.7. The van der Waals surface area contributed by atoms with Crippen LogP contribution in [-0.4, -0.2) is 12.0 Å². The van der Waals surface area contributed by atoms with Gasteiger partial charge in [0, 0.05) is 11.6 Å². The molecule has 3 heteroatoms. The predicted octanol–water partition coefficient (Wildman–Crippen LogP) is 3.38. The Morgan fingerprint density at radius 2 is 2.17 bits per heavy atom. The quantitative estimate of drug-likeness (QED) is 0.866. The molecule has 1 aromatic rings. The molecule has 1 amide bonds. The number of benzene rings is 1. The number of carbonyl (C=O) groups excluding carboxylic acids is 1. The maximum Gasteiger partial charge on any atom is 0.227 e. The number of carbonyl (C=O) groups is 1. The maximum atomic E-state index is 11.7. The molecule has 1 fully saturated rings. The number of nitrogens with one attached hydrogen (secondary N) is 1. The van der Waals surface area contributed by atoms with Crippen LogP contribution in [-0.2, 0) is 11.2 Å². The summed E-state index contributed by atoms with van der Waals surface area (Å²) >= 11 is 0. The standard InChI is InChI=1S/C15H21NO2/c1-4-11-9-13(16-15(17)12-5-6-12)7-8-14(11)18-10(2)3/h7-10,12H,4-6H2,1-3H3,(H,16,17). The number of hydrogen-bond acceptors (Lipinski definition) is 2. The van der Waals surface area contributed by atoms with E-state index < -0.39 is 0 Å². The summed E-state index contributed by atoms with van der Waals surface area (Å²) in [6.45, 7) is 6.12. The molecular weight excluding hydrogens is 226 g/mol. The summed E-state index contributed by atoms with van der Waals surface area (Å²) in [5, 5.41) is 2.96. The molecule has 98 valence electrons. The highest BCUT2D eigenvalue weighted by Crippen LogP contribution is 2.31. The van der Waals surface area contributed by atoms with Crippen LogP contribution in [0.5, 0.6) is 5.75 Å². The number of aryl methyl sites for hydroxylation is 1. The average Bonchev–Trinajstić information content (AvgIpc) is 3.14. The van der Waals surface area contributed by atoms with Crippen molar-refractivity contribution < 1.29 is 9.53 Å². The Bertz CT molecular complexity index is 436. The van der Waals surface area contributed by atoms with Gasteiger partial charge in [-0.1, -0.05) is 6.92 Å². The Labute approximate surface area is 109 Å². The molecule has 18 heavy (non-hydrogen) atoms. The summed E-state index contributed by atoms with van der Waals surface area (Å²) in [5.41, 5.74) is 2.01. The molecule has 0 aliphatic heterocycles. The minimum atomic E-state index is 0.148. The van der Waals surface area contributed by atoms with E-state index in [9.17, 15) is 4.79 Å². The van der Waals surface area contributed by atoms with Gasteiger partial charge < -0.3 is 10.1 Å². The van der Waals surface area contributed by atoms with Gasteiger partial charge in [-0.25, -0.2) is 0 Å². The zero-order valence-corrected chi connectivity index (χ0v) is 11.3. The monoisotopic (exact) mass is 247 g/mol. The van der Waals surface area contributed by atoms with Crippen molar-refractivity contribution in [2.75, 3.05) is 5.32 Å². The lowest BCUT2D eigenvalue weighted by atomic mass is 10.1. The van der Waals surface area contributed by atoms with Gasteiger partial charge in [-0.15, -0.1) is 0 Å². The molecule has 1 saturated carbocycles. The first kappa shape index (κ1) is 12.9. The van der Waals surface area contributed by atoms with Crippen LogP contribution in [0.25, 0.3) is 0 Å². The summed E-state index contributed by atoms with van der Waals surface area (Å²) in [4.78, 5) is 11.7. The number of amides is 1. The van der Waals surface area contributed by atoms with Gasteiger partial charge in [-0.3, -0.25) is 4.79 Å². The van der Waals surface area contributed by atoms with Crippen molar-refractivity contribution in [3.8, 4) is 5.75 Å². The van der Waals surface area contributed by atoms with E-state index in [0.29, 0.717) is 0 Å². The van der Waals surface area contributed by atoms with Gasteiger partial charge in [-0.2, -0.15) is 0 Å². The summed E-state index contributed by atoms with van der Waals surface area (Å²) < 4.78 is 5.74. The van der Waals surface area contributed by atoms with E-state index in [2.05, 4.69) is 12.2 Å². The van der Waals surface area contributed by atoms with Crippen LogP contribution in [0.15, 0.2) is 18.2 Å². The van der Waals surface area contributed by atoms with Gasteiger partial charge >= 0.3 is 0 Å². The summed E-state index contributed by atoms with van der Waals surface area (Å²) in [6, 6.07) is 5.87. The molecule has 1 aliphatic rings. The highest BCUT2D eigenvalue weighted by atomic mass is 16.5. The van der Waals surface area contributed by atoms with Gasteiger partial charge in [0.2, 0.25) is 5.91 Å². The van der Waals surface area contributed by atoms with E-state index in [1.165, 1.54) is 0 Å². The second kappa shape index (κ2) is 5.42. The highest BCUT2D eigenvalue weighted by Gasteiger charge is 2.29. The number of anilines is 1. The third kappa shape index (κ3) is 3.25. The van der Waals surface area contributed by atoms with Crippen molar-refractivity contribution in [3.63, 3.8) is 0 Å². The van der Waals surface area contributed by atoms with E-state index in [1.807, 2.05) is 32.0 Å². The van der Waals surface area contributed by atoms with Crippen LogP contribution >= 0.6 is 0 Å². The fourth-order valence-corrected chi connectivity index (χ4v) is 1.89. The topological polar surface area (TPSA) is 38.3 Å². The lowest BCUT2D eigenvalue weighted by Crippen LogP contribution is -2.14. The average molecular weight is 247 g/mol. The molecule has 2 rings (SSSR count). The molecule has 0 bridgehead atoms. The van der Waals surface area contributed by atoms with Crippen molar-refractivity contribution in [2.24, 2.45) is 5.92 Å².